The van der Waals surface area contributed by atoms with E-state index in [0.29, 0.717) is 17.4 Å². The molecule has 0 amide bonds. The Hall–Kier alpha value is -3.85. The quantitative estimate of drug-likeness (QED) is 0.0195. The molecular formula is C70H118NO8P. The number of phosphoric acid groups is 1. The molecule has 2 atom stereocenters. The van der Waals surface area contributed by atoms with Crippen molar-refractivity contribution in [3.63, 3.8) is 0 Å². The summed E-state index contributed by atoms with van der Waals surface area (Å²) in [5.41, 5.74) is 0. The Morgan fingerprint density at radius 1 is 0.400 bits per heavy atom. The molecule has 0 fully saturated rings. The summed E-state index contributed by atoms with van der Waals surface area (Å²) >= 11 is 0. The van der Waals surface area contributed by atoms with Crippen molar-refractivity contribution in [2.75, 3.05) is 47.5 Å². The van der Waals surface area contributed by atoms with Crippen molar-refractivity contribution in [1.82, 2.24) is 0 Å². The lowest BCUT2D eigenvalue weighted by atomic mass is 10.1. The van der Waals surface area contributed by atoms with E-state index in [4.69, 9.17) is 18.5 Å². The van der Waals surface area contributed by atoms with Crippen molar-refractivity contribution in [3.8, 4) is 0 Å². The third kappa shape index (κ3) is 63.3. The van der Waals surface area contributed by atoms with E-state index in [0.717, 1.165) is 128 Å². The van der Waals surface area contributed by atoms with Crippen LogP contribution in [0.3, 0.4) is 0 Å². The molecule has 0 spiro atoms. The Morgan fingerprint density at radius 3 is 1.07 bits per heavy atom. The van der Waals surface area contributed by atoms with Crippen LogP contribution in [0.2, 0.25) is 0 Å². The summed E-state index contributed by atoms with van der Waals surface area (Å²) in [5.74, 6) is -0.858. The highest BCUT2D eigenvalue weighted by molar-refractivity contribution is 7.45. The van der Waals surface area contributed by atoms with Gasteiger partial charge in [0.1, 0.15) is 19.8 Å². The van der Waals surface area contributed by atoms with Gasteiger partial charge < -0.3 is 27.9 Å². The van der Waals surface area contributed by atoms with Crippen molar-refractivity contribution in [2.24, 2.45) is 0 Å². The second-order valence-corrected chi connectivity index (χ2v) is 23.4. The molecule has 0 aromatic rings. The van der Waals surface area contributed by atoms with Crippen LogP contribution in [0.4, 0.5) is 0 Å². The van der Waals surface area contributed by atoms with E-state index in [9.17, 15) is 19.0 Å². The normalized spacial score (nSPS) is 14.1. The number of allylic oxidation sites excluding steroid dienone is 22. The summed E-state index contributed by atoms with van der Waals surface area (Å²) in [5, 5.41) is 0. The van der Waals surface area contributed by atoms with Crippen LogP contribution >= 0.6 is 7.82 Å². The molecule has 0 aliphatic carbocycles. The molecule has 10 heteroatoms. The summed E-state index contributed by atoms with van der Waals surface area (Å²) in [7, 11) is 1.14. The summed E-state index contributed by atoms with van der Waals surface area (Å²) in [6, 6.07) is 0. The summed E-state index contributed by atoms with van der Waals surface area (Å²) < 4.78 is 34.2. The number of nitrogens with zero attached hydrogens (tertiary/aromatic N) is 1. The van der Waals surface area contributed by atoms with Gasteiger partial charge in [-0.25, -0.2) is 0 Å². The first kappa shape index (κ1) is 76.1. The van der Waals surface area contributed by atoms with E-state index in [1.807, 2.05) is 21.1 Å². The minimum absolute atomic E-state index is 0.0406. The summed E-state index contributed by atoms with van der Waals surface area (Å²) in [6.45, 7) is 4.10. The molecule has 0 radical (unpaired) electrons. The molecule has 0 aliphatic rings. The first-order valence-electron chi connectivity index (χ1n) is 31.9. The molecule has 2 unspecified atom stereocenters. The van der Waals surface area contributed by atoms with Crippen molar-refractivity contribution < 1.29 is 42.1 Å². The van der Waals surface area contributed by atoms with Gasteiger partial charge >= 0.3 is 11.9 Å². The van der Waals surface area contributed by atoms with E-state index < -0.39 is 32.5 Å². The van der Waals surface area contributed by atoms with Crippen LogP contribution in [-0.2, 0) is 32.7 Å². The van der Waals surface area contributed by atoms with Gasteiger partial charge in [-0.3, -0.25) is 14.2 Å². The summed E-state index contributed by atoms with van der Waals surface area (Å²) in [4.78, 5) is 37.9. The molecule has 0 aromatic heterocycles. The largest absolute Gasteiger partial charge is 0.756 e. The summed E-state index contributed by atoms with van der Waals surface area (Å²) in [6.07, 6.45) is 86.5. The van der Waals surface area contributed by atoms with Crippen molar-refractivity contribution >= 4 is 19.8 Å². The molecule has 0 N–H and O–H groups in total. The Kier molecular flexibility index (Phi) is 56.9. The van der Waals surface area contributed by atoms with Gasteiger partial charge in [-0.2, -0.15) is 0 Å². The van der Waals surface area contributed by atoms with Crippen LogP contribution in [0.1, 0.15) is 245 Å². The lowest BCUT2D eigenvalue weighted by Crippen LogP contribution is -2.37. The molecule has 0 aromatic carbocycles. The fraction of sp³-hybridized carbons (Fsp3) is 0.657. The fourth-order valence-corrected chi connectivity index (χ4v) is 9.00. The number of hydrogen-bond donors (Lipinski definition) is 0. The number of rotatable bonds is 57. The Balaban J connectivity index is 4.18. The predicted octanol–water partition coefficient (Wildman–Crippen LogP) is 19.9. The van der Waals surface area contributed by atoms with Crippen LogP contribution in [-0.4, -0.2) is 70.0 Å². The number of hydrogen-bond acceptors (Lipinski definition) is 8. The lowest BCUT2D eigenvalue weighted by Gasteiger charge is -2.28. The smallest absolute Gasteiger partial charge is 0.306 e. The van der Waals surface area contributed by atoms with Crippen LogP contribution in [0, 0.1) is 0 Å². The third-order valence-electron chi connectivity index (χ3n) is 13.2. The first-order valence-corrected chi connectivity index (χ1v) is 33.4. The Morgan fingerprint density at radius 2 is 0.713 bits per heavy atom. The average Bonchev–Trinajstić information content (AvgIpc) is 3.42. The van der Waals surface area contributed by atoms with Crippen LogP contribution in [0.25, 0.3) is 0 Å². The molecule has 0 bridgehead atoms. The standard InChI is InChI=1S/C70H118NO8P/c1-6-8-10-12-14-16-18-20-22-24-26-27-28-29-30-31-32-33-34-35-36-37-38-39-40-41-42-43-45-47-49-51-53-55-57-59-61-63-70(73)79-68(67-78-80(74,75)77-65-64-71(3,4)5)66-76-69(72)62-60-58-56-54-52-50-48-46-44-25-23-21-19-17-15-13-11-9-7-2/h8,10,14,16,20-23,26-27,29-30,32-33,35-36,38-39,41-42,45,47,68H,6-7,9,11-13,15,17-19,24-25,28,31,34,37,40,43-44,46,48-67H2,1-5H3/b10-8-,16-14-,22-20-,23-21-,27-26-,30-29-,33-32-,36-35-,39-38-,42-41-,47-45-. The van der Waals surface area contributed by atoms with Gasteiger partial charge in [0.25, 0.3) is 7.82 Å². The molecule has 0 heterocycles. The van der Waals surface area contributed by atoms with Crippen molar-refractivity contribution in [2.45, 2.75) is 251 Å². The zero-order valence-electron chi connectivity index (χ0n) is 51.7. The molecule has 0 aliphatic heterocycles. The Labute approximate surface area is 491 Å². The van der Waals surface area contributed by atoms with Gasteiger partial charge in [-0.15, -0.1) is 0 Å². The number of phosphoric ester groups is 1. The fourth-order valence-electron chi connectivity index (χ4n) is 8.27. The molecule has 0 saturated carbocycles. The second kappa shape index (κ2) is 59.8. The first-order chi connectivity index (χ1) is 39.0. The van der Waals surface area contributed by atoms with Gasteiger partial charge in [0.2, 0.25) is 0 Å². The highest BCUT2D eigenvalue weighted by Gasteiger charge is 2.22. The van der Waals surface area contributed by atoms with E-state index in [-0.39, 0.29) is 26.1 Å². The maximum Gasteiger partial charge on any atom is 0.306 e. The van der Waals surface area contributed by atoms with Gasteiger partial charge in [-0.05, 0) is 116 Å². The highest BCUT2D eigenvalue weighted by atomic mass is 31.2. The SMILES string of the molecule is CC/C=C\C/C=C\C/C=C\C/C=C\C/C=C\C/C=C\C/C=C\C/C=C\C/C=C\C/C=C\CCCCCCCCC(=O)OC(COC(=O)CCCCCCCCCCC/C=C\CCCCCCCC)COP(=O)([O-])OCC[N+](C)(C)C. The van der Waals surface area contributed by atoms with Gasteiger partial charge in [-0.1, -0.05) is 250 Å². The molecule has 9 nitrogen and oxygen atoms in total. The van der Waals surface area contributed by atoms with Crippen LogP contribution < -0.4 is 4.89 Å². The zero-order valence-corrected chi connectivity index (χ0v) is 52.6. The van der Waals surface area contributed by atoms with Gasteiger partial charge in [0, 0.05) is 12.8 Å². The number of esters is 2. The van der Waals surface area contributed by atoms with Crippen LogP contribution in [0.5, 0.6) is 0 Å². The minimum Gasteiger partial charge on any atom is -0.756 e. The topological polar surface area (TPSA) is 111 Å². The van der Waals surface area contributed by atoms with Crippen molar-refractivity contribution in [1.29, 1.82) is 0 Å². The highest BCUT2D eigenvalue weighted by Crippen LogP contribution is 2.38. The zero-order chi connectivity index (χ0) is 58.4. The number of likely N-dealkylation sites (N-methyl/N-ethyl adjacent to an activating group) is 1. The third-order valence-corrected chi connectivity index (χ3v) is 14.1. The average molecular weight is 1130 g/mol. The lowest BCUT2D eigenvalue weighted by molar-refractivity contribution is -0.870. The molecule has 0 saturated heterocycles. The number of carbonyl (C=O) groups excluding carboxylic acids is 2. The monoisotopic (exact) mass is 1130 g/mol. The molecule has 456 valence electrons. The van der Waals surface area contributed by atoms with Gasteiger partial charge in [0.05, 0.1) is 27.7 Å². The second-order valence-electron chi connectivity index (χ2n) is 22.0. The Bertz CT molecular complexity index is 1810. The maximum atomic E-state index is 12.8. The van der Waals surface area contributed by atoms with Crippen LogP contribution in [0.15, 0.2) is 134 Å². The minimum atomic E-state index is -4.65. The number of unbranched alkanes of at least 4 members (excludes halogenated alkanes) is 21. The number of quaternary nitrogens is 1. The molecule has 0 rings (SSSR count). The predicted molar refractivity (Wildman–Crippen MR) is 341 cm³/mol. The number of carbonyl (C=O) groups is 2. The van der Waals surface area contributed by atoms with E-state index in [2.05, 4.69) is 148 Å². The van der Waals surface area contributed by atoms with E-state index >= 15 is 0 Å². The molecular weight excluding hydrogens is 1010 g/mol. The van der Waals surface area contributed by atoms with E-state index in [1.165, 1.54) is 83.5 Å². The van der Waals surface area contributed by atoms with E-state index in [1.54, 1.807) is 0 Å². The maximum absolute atomic E-state index is 12.8. The van der Waals surface area contributed by atoms with Gasteiger partial charge in [0.15, 0.2) is 6.10 Å². The number of ether oxygens (including phenoxy) is 2. The molecule has 80 heavy (non-hydrogen) atoms. The van der Waals surface area contributed by atoms with Crippen molar-refractivity contribution in [3.05, 3.63) is 134 Å².